The van der Waals surface area contributed by atoms with Gasteiger partial charge >= 0.3 is 10.4 Å². The van der Waals surface area contributed by atoms with Crippen molar-refractivity contribution in [3.8, 4) is 0 Å². The van der Waals surface area contributed by atoms with E-state index in [4.69, 9.17) is 0 Å². The van der Waals surface area contributed by atoms with Gasteiger partial charge in [-0.3, -0.25) is 8.98 Å². The third-order valence-electron chi connectivity index (χ3n) is 0.634. The first-order chi connectivity index (χ1) is 5.02. The normalized spacial score (nSPS) is 10.6. The Morgan fingerprint density at radius 2 is 2.18 bits per heavy atom. The summed E-state index contributed by atoms with van der Waals surface area (Å²) in [6.45, 7) is 3.06. The van der Waals surface area contributed by atoms with Gasteiger partial charge in [0.2, 0.25) is 0 Å². The Kier molecular flexibility index (Phi) is 3.72. The Balaban J connectivity index is 3.90. The second kappa shape index (κ2) is 4.06. The van der Waals surface area contributed by atoms with Crippen molar-refractivity contribution >= 4 is 16.3 Å². The average molecular weight is 181 g/mol. The molecule has 0 radical (unpaired) electrons. The van der Waals surface area contributed by atoms with Crippen LogP contribution >= 0.6 is 0 Å². The zero-order valence-electron chi connectivity index (χ0n) is 5.73. The zero-order valence-corrected chi connectivity index (χ0v) is 6.55. The number of hydrogen-bond acceptors (Lipinski definition) is 5. The van der Waals surface area contributed by atoms with Gasteiger partial charge in [0.05, 0.1) is 7.11 Å². The van der Waals surface area contributed by atoms with Crippen molar-refractivity contribution in [1.29, 1.82) is 0 Å². The number of nitrogens with one attached hydrogen (secondary N) is 1. The van der Waals surface area contributed by atoms with E-state index >= 15 is 0 Å². The van der Waals surface area contributed by atoms with Gasteiger partial charge in [0, 0.05) is 0 Å². The number of carbonyl (C=O) groups is 1. The number of rotatable bonds is 4. The largest absolute Gasteiger partial charge is 0.420 e. The average Bonchev–Trinajstić information content (AvgIpc) is 2.00. The van der Waals surface area contributed by atoms with Crippen LogP contribution in [0.25, 0.3) is 0 Å². The third kappa shape index (κ3) is 4.48. The second-order valence-electron chi connectivity index (χ2n) is 1.33. The maximum atomic E-state index is 10.3. The van der Waals surface area contributed by atoms with E-state index in [1.807, 2.05) is 0 Å². The molecule has 0 aliphatic heterocycles. The van der Waals surface area contributed by atoms with Gasteiger partial charge in [-0.1, -0.05) is 6.58 Å². The van der Waals surface area contributed by atoms with Gasteiger partial charge < -0.3 is 0 Å². The lowest BCUT2D eigenvalue weighted by Gasteiger charge is -1.99. The molecular formula is C4H7NO5S. The molecule has 0 spiro atoms. The van der Waals surface area contributed by atoms with Crippen molar-refractivity contribution in [3.63, 3.8) is 0 Å². The Hall–Kier alpha value is -0.920. The van der Waals surface area contributed by atoms with Gasteiger partial charge in [0.25, 0.3) is 5.91 Å². The first-order valence-corrected chi connectivity index (χ1v) is 3.76. The van der Waals surface area contributed by atoms with Gasteiger partial charge in [-0.2, -0.15) is 8.42 Å². The minimum atomic E-state index is -4.10. The number of hydroxylamine groups is 1. The quantitative estimate of drug-likeness (QED) is 0.449. The molecule has 0 aromatic carbocycles. The van der Waals surface area contributed by atoms with Crippen LogP contribution in [0.1, 0.15) is 0 Å². The highest BCUT2D eigenvalue weighted by Gasteiger charge is 2.09. The maximum Gasteiger partial charge on any atom is 0.420 e. The maximum absolute atomic E-state index is 10.3. The molecule has 1 amide bonds. The van der Waals surface area contributed by atoms with Crippen LogP contribution in [0.2, 0.25) is 0 Å². The fraction of sp³-hybridized carbons (Fsp3) is 0.250. The highest BCUT2D eigenvalue weighted by Crippen LogP contribution is 1.87. The van der Waals surface area contributed by atoms with Crippen LogP contribution < -0.4 is 5.48 Å². The first-order valence-electron chi connectivity index (χ1n) is 2.43. The lowest BCUT2D eigenvalue weighted by Crippen LogP contribution is -2.25. The van der Waals surface area contributed by atoms with Gasteiger partial charge in [0.1, 0.15) is 0 Å². The lowest BCUT2D eigenvalue weighted by molar-refractivity contribution is -0.122. The third-order valence-corrected chi connectivity index (χ3v) is 1.33. The summed E-state index contributed by atoms with van der Waals surface area (Å²) < 4.78 is 28.3. The standard InChI is InChI=1S/C4H7NO5S/c1-3-4(6)5-10-11(7,8)9-2/h3H,1H2,2H3,(H,5,6). The Morgan fingerprint density at radius 3 is 2.55 bits per heavy atom. The molecule has 0 saturated carbocycles. The fourth-order valence-corrected chi connectivity index (χ4v) is 0.420. The van der Waals surface area contributed by atoms with Crippen molar-refractivity contribution in [2.24, 2.45) is 0 Å². The van der Waals surface area contributed by atoms with E-state index in [1.54, 1.807) is 5.48 Å². The molecule has 0 fully saturated rings. The highest BCUT2D eigenvalue weighted by molar-refractivity contribution is 7.81. The monoisotopic (exact) mass is 181 g/mol. The first kappa shape index (κ1) is 10.1. The topological polar surface area (TPSA) is 81.7 Å². The predicted octanol–water partition coefficient (Wildman–Crippen LogP) is -0.889. The summed E-state index contributed by atoms with van der Waals surface area (Å²) in [5.74, 6) is -0.773. The van der Waals surface area contributed by atoms with Crippen LogP contribution in [0.4, 0.5) is 0 Å². The number of amides is 1. The van der Waals surface area contributed by atoms with E-state index in [0.29, 0.717) is 0 Å². The molecule has 0 aliphatic rings. The van der Waals surface area contributed by atoms with E-state index in [2.05, 4.69) is 15.0 Å². The van der Waals surface area contributed by atoms with Crippen LogP contribution in [0.5, 0.6) is 0 Å². The molecule has 7 heteroatoms. The van der Waals surface area contributed by atoms with Crippen LogP contribution in [-0.4, -0.2) is 21.4 Å². The molecule has 1 N–H and O–H groups in total. The summed E-state index contributed by atoms with van der Waals surface area (Å²) in [7, 11) is -3.21. The van der Waals surface area contributed by atoms with E-state index in [1.165, 1.54) is 0 Å². The van der Waals surface area contributed by atoms with Crippen molar-refractivity contribution in [3.05, 3.63) is 12.7 Å². The van der Waals surface area contributed by atoms with E-state index < -0.39 is 16.3 Å². The molecular weight excluding hydrogens is 174 g/mol. The summed E-state index contributed by atoms with van der Waals surface area (Å²) in [6, 6.07) is 0. The molecule has 64 valence electrons. The number of carbonyl (C=O) groups excluding carboxylic acids is 1. The Bertz CT molecular complexity index is 243. The SMILES string of the molecule is C=CC(=O)NOS(=O)(=O)OC. The van der Waals surface area contributed by atoms with E-state index in [-0.39, 0.29) is 0 Å². The van der Waals surface area contributed by atoms with Gasteiger partial charge in [-0.15, -0.1) is 4.28 Å². The molecule has 11 heavy (non-hydrogen) atoms. The molecule has 0 atom stereocenters. The molecule has 0 bridgehead atoms. The molecule has 0 aromatic heterocycles. The molecule has 0 heterocycles. The second-order valence-corrected chi connectivity index (χ2v) is 2.65. The van der Waals surface area contributed by atoms with Crippen LogP contribution in [-0.2, 0) is 23.7 Å². The summed E-state index contributed by atoms with van der Waals surface area (Å²) in [4.78, 5) is 10.3. The summed E-state index contributed by atoms with van der Waals surface area (Å²) in [5.41, 5.74) is 1.55. The Morgan fingerprint density at radius 1 is 1.64 bits per heavy atom. The van der Waals surface area contributed by atoms with Crippen LogP contribution in [0.15, 0.2) is 12.7 Å². The van der Waals surface area contributed by atoms with Gasteiger partial charge in [-0.25, -0.2) is 5.48 Å². The molecule has 0 unspecified atom stereocenters. The Labute approximate surface area is 64.1 Å². The minimum Gasteiger partial charge on any atom is -0.268 e. The van der Waals surface area contributed by atoms with Crippen molar-refractivity contribution in [2.45, 2.75) is 0 Å². The number of hydrogen-bond donors (Lipinski definition) is 1. The fourth-order valence-electron chi connectivity index (χ4n) is 0.168. The van der Waals surface area contributed by atoms with E-state index in [0.717, 1.165) is 13.2 Å². The molecule has 6 nitrogen and oxygen atoms in total. The van der Waals surface area contributed by atoms with Crippen LogP contribution in [0, 0.1) is 0 Å². The van der Waals surface area contributed by atoms with Gasteiger partial charge in [-0.05, 0) is 6.08 Å². The molecule has 0 rings (SSSR count). The van der Waals surface area contributed by atoms with Crippen LogP contribution in [0.3, 0.4) is 0 Å². The molecule has 0 aromatic rings. The zero-order chi connectivity index (χ0) is 8.91. The smallest absolute Gasteiger partial charge is 0.268 e. The highest BCUT2D eigenvalue weighted by atomic mass is 32.3. The summed E-state index contributed by atoms with van der Waals surface area (Å²) in [6.07, 6.45) is 0.852. The van der Waals surface area contributed by atoms with Gasteiger partial charge in [0.15, 0.2) is 0 Å². The lowest BCUT2D eigenvalue weighted by atomic mass is 10.6. The van der Waals surface area contributed by atoms with E-state index in [9.17, 15) is 13.2 Å². The van der Waals surface area contributed by atoms with Crippen molar-refractivity contribution in [1.82, 2.24) is 5.48 Å². The minimum absolute atomic E-state index is 0.773. The molecule has 0 aliphatic carbocycles. The molecule has 0 saturated heterocycles. The van der Waals surface area contributed by atoms with Crippen molar-refractivity contribution in [2.75, 3.05) is 7.11 Å². The summed E-state index contributed by atoms with van der Waals surface area (Å²) >= 11 is 0. The summed E-state index contributed by atoms with van der Waals surface area (Å²) in [5, 5.41) is 0. The predicted molar refractivity (Wildman–Crippen MR) is 35.4 cm³/mol. The van der Waals surface area contributed by atoms with Crippen molar-refractivity contribution < 1.29 is 21.7 Å².